The molecule has 4 heterocycles. The first-order valence-corrected chi connectivity index (χ1v) is 23.5. The zero-order valence-electron chi connectivity index (χ0n) is 41.0. The van der Waals surface area contributed by atoms with Crippen molar-refractivity contribution in [2.75, 3.05) is 63.9 Å². The van der Waals surface area contributed by atoms with Gasteiger partial charge in [0.15, 0.2) is 0 Å². The molecule has 0 atom stereocenters. The van der Waals surface area contributed by atoms with Crippen molar-refractivity contribution in [3.63, 3.8) is 0 Å². The molecule has 2 amide bonds. The Balaban J connectivity index is 0.000000228. The first-order valence-electron chi connectivity index (χ1n) is 22.7. The summed E-state index contributed by atoms with van der Waals surface area (Å²) in [5.41, 5.74) is 7.65. The van der Waals surface area contributed by atoms with Gasteiger partial charge in [0.25, 0.3) is 5.91 Å². The molecule has 0 fully saturated rings. The lowest BCUT2D eigenvalue weighted by Gasteiger charge is -2.26. The summed E-state index contributed by atoms with van der Waals surface area (Å²) in [5.74, 6) is -0.200. The van der Waals surface area contributed by atoms with Crippen LogP contribution in [-0.4, -0.2) is 107 Å². The highest BCUT2D eigenvalue weighted by molar-refractivity contribution is 7.99. The monoisotopic (exact) mass is 971 g/mol. The minimum atomic E-state index is -0.512. The molecular formula is C54H57N11O5S. The van der Waals surface area contributed by atoms with Gasteiger partial charge < -0.3 is 39.8 Å². The number of H-pyrrole nitrogens is 1. The number of anilines is 4. The number of fused-ring (bicyclic) bond motifs is 2. The van der Waals surface area contributed by atoms with Crippen molar-refractivity contribution < 1.29 is 23.9 Å². The number of methoxy groups -OCH3 is 1. The predicted molar refractivity (Wildman–Crippen MR) is 285 cm³/mol. The van der Waals surface area contributed by atoms with Gasteiger partial charge in [-0.15, -0.1) is 0 Å². The van der Waals surface area contributed by atoms with Crippen molar-refractivity contribution in [3.8, 4) is 17.0 Å². The summed E-state index contributed by atoms with van der Waals surface area (Å²) >= 11 is 1.56. The number of rotatable bonds is 17. The Labute approximate surface area is 417 Å². The Morgan fingerprint density at radius 2 is 1.66 bits per heavy atom. The van der Waals surface area contributed by atoms with Crippen LogP contribution in [0.1, 0.15) is 46.0 Å². The van der Waals surface area contributed by atoms with Gasteiger partial charge in [-0.05, 0) is 101 Å². The normalized spacial score (nSPS) is 11.1. The number of pyridine rings is 1. The summed E-state index contributed by atoms with van der Waals surface area (Å²) in [5, 5.41) is 18.3. The van der Waals surface area contributed by atoms with E-state index in [1.165, 1.54) is 12.3 Å². The van der Waals surface area contributed by atoms with E-state index in [1.54, 1.807) is 52.0 Å². The highest BCUT2D eigenvalue weighted by atomic mass is 32.2. The van der Waals surface area contributed by atoms with Crippen LogP contribution >= 0.6 is 11.8 Å². The fourth-order valence-corrected chi connectivity index (χ4v) is 8.47. The van der Waals surface area contributed by atoms with Gasteiger partial charge >= 0.3 is 5.97 Å². The van der Waals surface area contributed by atoms with Gasteiger partial charge in [-0.2, -0.15) is 5.10 Å². The van der Waals surface area contributed by atoms with Gasteiger partial charge in [0.2, 0.25) is 11.9 Å². The molecule has 71 heavy (non-hydrogen) atoms. The van der Waals surface area contributed by atoms with E-state index in [9.17, 15) is 14.4 Å². The number of nitrogens with one attached hydrogen (secondary N) is 4. The molecule has 8 rings (SSSR count). The largest absolute Gasteiger partial charge is 0.494 e. The van der Waals surface area contributed by atoms with Crippen LogP contribution in [0.25, 0.3) is 45.2 Å². The number of aromatic nitrogens is 6. The van der Waals surface area contributed by atoms with Crippen molar-refractivity contribution >= 4 is 86.5 Å². The van der Waals surface area contributed by atoms with Crippen LogP contribution in [0, 0.1) is 0 Å². The summed E-state index contributed by atoms with van der Waals surface area (Å²) in [6, 6.07) is 31.0. The van der Waals surface area contributed by atoms with E-state index in [4.69, 9.17) is 14.5 Å². The number of nitrogens with zero attached hydrogens (tertiary/aromatic N) is 7. The van der Waals surface area contributed by atoms with Crippen molar-refractivity contribution in [1.82, 2.24) is 39.9 Å². The number of hydrogen-bond donors (Lipinski definition) is 4. The fourth-order valence-electron chi connectivity index (χ4n) is 7.49. The Hall–Kier alpha value is -8.28. The van der Waals surface area contributed by atoms with E-state index in [2.05, 4.69) is 47.6 Å². The van der Waals surface area contributed by atoms with E-state index in [0.717, 1.165) is 60.8 Å². The molecule has 4 aromatic heterocycles. The zero-order chi connectivity index (χ0) is 50.6. The highest BCUT2D eigenvalue weighted by Crippen LogP contribution is 2.39. The molecule has 0 aliphatic carbocycles. The maximum atomic E-state index is 13.1. The third-order valence-corrected chi connectivity index (χ3v) is 12.1. The van der Waals surface area contributed by atoms with Crippen molar-refractivity contribution in [2.45, 2.75) is 29.7 Å². The van der Waals surface area contributed by atoms with E-state index in [-0.39, 0.29) is 29.4 Å². The van der Waals surface area contributed by atoms with Crippen molar-refractivity contribution in [3.05, 3.63) is 151 Å². The van der Waals surface area contributed by atoms with Gasteiger partial charge in [0, 0.05) is 90.5 Å². The molecule has 4 N–H and O–H groups in total. The van der Waals surface area contributed by atoms with Gasteiger partial charge in [-0.1, -0.05) is 54.7 Å². The van der Waals surface area contributed by atoms with Crippen LogP contribution in [0.15, 0.2) is 138 Å². The number of likely N-dealkylation sites (N-methyl/N-ethyl adjacent to an activating group) is 2. The summed E-state index contributed by atoms with van der Waals surface area (Å²) in [6.07, 6.45) is 9.97. The van der Waals surface area contributed by atoms with E-state index in [1.807, 2.05) is 147 Å². The van der Waals surface area contributed by atoms with Gasteiger partial charge in [0.05, 0.1) is 58.4 Å². The minimum Gasteiger partial charge on any atom is -0.494 e. The summed E-state index contributed by atoms with van der Waals surface area (Å²) < 4.78 is 13.2. The molecule has 0 aliphatic heterocycles. The minimum absolute atomic E-state index is 0.0901. The predicted octanol–water partition coefficient (Wildman–Crippen LogP) is 9.71. The molecule has 4 aromatic carbocycles. The van der Waals surface area contributed by atoms with Crippen LogP contribution < -0.4 is 25.6 Å². The summed E-state index contributed by atoms with van der Waals surface area (Å²) in [7, 11) is 11.1. The zero-order valence-corrected chi connectivity index (χ0v) is 41.8. The molecule has 0 unspecified atom stereocenters. The Bertz CT molecular complexity index is 3220. The fraction of sp³-hybridized carbons (Fsp3) is 0.204. The molecule has 17 heteroatoms. The third kappa shape index (κ3) is 12.5. The first-order chi connectivity index (χ1) is 34.3. The quantitative estimate of drug-likeness (QED) is 0.0500. The molecule has 0 radical (unpaired) electrons. The number of carbonyl (C=O) groups is 3. The number of ether oxygens (including phenoxy) is 2. The number of amides is 2. The number of benzene rings is 4. The number of hydrogen-bond acceptors (Lipinski definition) is 13. The van der Waals surface area contributed by atoms with E-state index in [0.29, 0.717) is 34.9 Å². The molecule has 16 nitrogen and oxygen atoms in total. The molecule has 0 saturated carbocycles. The summed E-state index contributed by atoms with van der Waals surface area (Å²) in [6.45, 7) is 8.70. The highest BCUT2D eigenvalue weighted by Gasteiger charge is 2.23. The van der Waals surface area contributed by atoms with Crippen LogP contribution in [0.2, 0.25) is 0 Å². The molecule has 0 spiro atoms. The number of carbonyl (C=O) groups excluding carboxylic acids is 3. The molecule has 0 saturated heterocycles. The molecular weight excluding hydrogens is 915 g/mol. The van der Waals surface area contributed by atoms with Crippen LogP contribution in [-0.2, 0) is 16.6 Å². The Morgan fingerprint density at radius 1 is 0.887 bits per heavy atom. The average Bonchev–Trinajstić information content (AvgIpc) is 3.94. The van der Waals surface area contributed by atoms with Crippen LogP contribution in [0.4, 0.5) is 23.0 Å². The van der Waals surface area contributed by atoms with Crippen molar-refractivity contribution in [1.29, 1.82) is 0 Å². The maximum absolute atomic E-state index is 13.1. The lowest BCUT2D eigenvalue weighted by atomic mass is 10.1. The van der Waals surface area contributed by atoms with Crippen LogP contribution in [0.5, 0.6) is 5.75 Å². The second-order valence-electron chi connectivity index (χ2n) is 16.8. The standard InChI is InChI=1S/C32H39N7O4.C22H18N4OS/c1-9-29(40)34-24-16-25(28(42-8)17-27(24)38(6)15-14-37(4)5)35-32-33-18-22(31(41)43-20(2)3)30(36-32)23-19-39(7)26-13-11-10-12-21(23)26;1-23-22(27)18-7-2-3-8-21(18)28-16-10-11-17-19(25-26-20(17)14-16)12-9-15-6-4-5-13-24-15/h9-13,16-20H,1,14-15H2,2-8H3,(H,34,40)(H,33,35,36);2-14H,1H3,(H,23,27)(H,25,26). The SMILES string of the molecule is C=CC(=O)Nc1cc(Nc2ncc(C(=O)OC(C)C)c(-c3cn(C)c4ccccc34)n2)c(OC)cc1N(C)CCN(C)C.CNC(=O)c1ccccc1Sc1ccc2c(C=Cc3ccccn3)n[nH]c2c1. The van der Waals surface area contributed by atoms with Crippen molar-refractivity contribution in [2.24, 2.45) is 7.05 Å². The number of aryl methyl sites for hydroxylation is 1. The van der Waals surface area contributed by atoms with E-state index >= 15 is 0 Å². The smallest absolute Gasteiger partial charge is 0.342 e. The molecule has 364 valence electrons. The maximum Gasteiger partial charge on any atom is 0.342 e. The number of esters is 1. The van der Waals surface area contributed by atoms with E-state index < -0.39 is 5.97 Å². The lowest BCUT2D eigenvalue weighted by Crippen LogP contribution is -2.29. The number of aromatic amines is 1. The second kappa shape index (κ2) is 23.3. The third-order valence-electron chi connectivity index (χ3n) is 11.1. The Morgan fingerprint density at radius 3 is 2.39 bits per heavy atom. The lowest BCUT2D eigenvalue weighted by molar-refractivity contribution is -0.111. The van der Waals surface area contributed by atoms with Gasteiger partial charge in [-0.3, -0.25) is 19.7 Å². The topological polar surface area (TPSA) is 185 Å². The van der Waals surface area contributed by atoms with Gasteiger partial charge in [0.1, 0.15) is 11.3 Å². The number of para-hydroxylation sites is 1. The van der Waals surface area contributed by atoms with Crippen LogP contribution in [0.3, 0.4) is 0 Å². The Kier molecular flexibility index (Phi) is 16.6. The molecule has 8 aromatic rings. The molecule has 0 bridgehead atoms. The summed E-state index contributed by atoms with van der Waals surface area (Å²) in [4.78, 5) is 57.2. The second-order valence-corrected chi connectivity index (χ2v) is 17.9. The van der Waals surface area contributed by atoms with Gasteiger partial charge in [-0.25, -0.2) is 14.8 Å². The average molecular weight is 972 g/mol. The first kappa shape index (κ1) is 50.6. The molecule has 0 aliphatic rings.